The summed E-state index contributed by atoms with van der Waals surface area (Å²) in [4.78, 5) is 33.5. The first kappa shape index (κ1) is 16.7. The number of nitrogens with one attached hydrogen (secondary N) is 2. The van der Waals surface area contributed by atoms with E-state index >= 15 is 0 Å². The number of fused-ring (bicyclic) bond motifs is 4. The van der Waals surface area contributed by atoms with Crippen LogP contribution >= 0.6 is 0 Å². The van der Waals surface area contributed by atoms with Crippen LogP contribution in [-0.4, -0.2) is 15.8 Å². The highest BCUT2D eigenvalue weighted by Crippen LogP contribution is 2.48. The summed E-state index contributed by atoms with van der Waals surface area (Å²) < 4.78 is 0. The molecular formula is C24H16N4O2. The molecule has 1 aliphatic carbocycles. The Kier molecular flexibility index (Phi) is 3.29. The quantitative estimate of drug-likeness (QED) is 0.459. The molecular weight excluding hydrogens is 376 g/mol. The lowest BCUT2D eigenvalue weighted by Gasteiger charge is -2.28. The Bertz CT molecular complexity index is 1480. The minimum Gasteiger partial charge on any atom is -0.369 e. The van der Waals surface area contributed by atoms with Gasteiger partial charge < -0.3 is 11.1 Å². The van der Waals surface area contributed by atoms with Gasteiger partial charge in [0.1, 0.15) is 5.82 Å². The molecule has 0 unspecified atom stereocenters. The average Bonchev–Trinajstić information content (AvgIpc) is 3.04. The van der Waals surface area contributed by atoms with Crippen LogP contribution in [0.4, 0.5) is 11.8 Å². The number of aromatic amines is 1. The Morgan fingerprint density at radius 2 is 1.60 bits per heavy atom. The standard InChI is InChI=1S/C24H16N4O2/c25-24-27-22-19(23(30)28-24)17(14-11-5-7-12-6-1-2-8-13(12)14)18-20(26-22)15-9-3-4-10-16(15)21(18)29/h1-11,17H,(H4,25,26,27,28,30)/t17-/m1/s1. The molecule has 0 saturated heterocycles. The summed E-state index contributed by atoms with van der Waals surface area (Å²) in [6.45, 7) is 0. The Balaban J connectivity index is 1.72. The van der Waals surface area contributed by atoms with Gasteiger partial charge in [-0.1, -0.05) is 66.7 Å². The van der Waals surface area contributed by atoms with Crippen molar-refractivity contribution in [2.45, 2.75) is 5.92 Å². The molecule has 1 aliphatic heterocycles. The van der Waals surface area contributed by atoms with Crippen LogP contribution in [-0.2, 0) is 0 Å². The van der Waals surface area contributed by atoms with Crippen LogP contribution in [0.15, 0.2) is 77.1 Å². The number of nitrogens with zero attached hydrogens (tertiary/aromatic N) is 1. The number of nitrogens with two attached hydrogens (primary N) is 1. The number of anilines is 2. The lowest BCUT2D eigenvalue weighted by atomic mass is 9.80. The predicted molar refractivity (Wildman–Crippen MR) is 116 cm³/mol. The van der Waals surface area contributed by atoms with E-state index in [9.17, 15) is 9.59 Å². The van der Waals surface area contributed by atoms with Gasteiger partial charge in [-0.05, 0) is 16.3 Å². The summed E-state index contributed by atoms with van der Waals surface area (Å²) in [5, 5.41) is 5.25. The van der Waals surface area contributed by atoms with Gasteiger partial charge in [-0.3, -0.25) is 14.6 Å². The van der Waals surface area contributed by atoms with Crippen molar-refractivity contribution >= 4 is 34.0 Å². The second-order valence-corrected chi connectivity index (χ2v) is 7.50. The molecule has 0 fully saturated rings. The largest absolute Gasteiger partial charge is 0.369 e. The molecule has 0 saturated carbocycles. The normalized spacial score (nSPS) is 16.8. The minimum atomic E-state index is -0.556. The molecule has 6 rings (SSSR count). The topological polar surface area (TPSA) is 101 Å². The SMILES string of the molecule is Nc1nc2c(c(=O)[nH]1)[C@H](c1cccc3ccccc13)C1=C(N2)c2ccccc2C1=O. The van der Waals surface area contributed by atoms with Gasteiger partial charge in [-0.25, -0.2) is 0 Å². The molecule has 0 bridgehead atoms. The maximum Gasteiger partial charge on any atom is 0.258 e. The maximum absolute atomic E-state index is 13.5. The third kappa shape index (κ3) is 2.16. The van der Waals surface area contributed by atoms with Crippen LogP contribution in [0.1, 0.15) is 33.0 Å². The smallest absolute Gasteiger partial charge is 0.258 e. The number of hydrogen-bond donors (Lipinski definition) is 3. The lowest BCUT2D eigenvalue weighted by Crippen LogP contribution is -2.28. The third-order valence-corrected chi connectivity index (χ3v) is 5.88. The number of nitrogen functional groups attached to an aromatic ring is 1. The van der Waals surface area contributed by atoms with E-state index in [1.165, 1.54) is 0 Å². The first-order valence-corrected chi connectivity index (χ1v) is 9.66. The second kappa shape index (κ2) is 5.90. The van der Waals surface area contributed by atoms with Gasteiger partial charge in [0.15, 0.2) is 5.78 Å². The molecule has 1 atom stereocenters. The molecule has 4 N–H and O–H groups in total. The molecule has 0 spiro atoms. The zero-order valence-electron chi connectivity index (χ0n) is 15.8. The van der Waals surface area contributed by atoms with E-state index < -0.39 is 5.92 Å². The fourth-order valence-corrected chi connectivity index (χ4v) is 4.65. The van der Waals surface area contributed by atoms with Gasteiger partial charge >= 0.3 is 0 Å². The number of ketones is 1. The van der Waals surface area contributed by atoms with Crippen molar-refractivity contribution in [2.75, 3.05) is 11.1 Å². The van der Waals surface area contributed by atoms with Gasteiger partial charge in [0.2, 0.25) is 5.95 Å². The van der Waals surface area contributed by atoms with Crippen molar-refractivity contribution in [3.05, 3.63) is 105 Å². The summed E-state index contributed by atoms with van der Waals surface area (Å²) in [5.41, 5.74) is 9.47. The van der Waals surface area contributed by atoms with Crippen molar-refractivity contribution in [3.8, 4) is 0 Å². The molecule has 6 heteroatoms. The fraction of sp³-hybridized carbons (Fsp3) is 0.0417. The van der Waals surface area contributed by atoms with E-state index in [1.54, 1.807) is 0 Å². The summed E-state index contributed by atoms with van der Waals surface area (Å²) >= 11 is 0. The van der Waals surface area contributed by atoms with Gasteiger partial charge in [0, 0.05) is 22.6 Å². The average molecular weight is 392 g/mol. The third-order valence-electron chi connectivity index (χ3n) is 5.88. The molecule has 30 heavy (non-hydrogen) atoms. The number of benzene rings is 3. The zero-order chi connectivity index (χ0) is 20.4. The molecule has 2 aliphatic rings. The van der Waals surface area contributed by atoms with Crippen LogP contribution in [0.5, 0.6) is 0 Å². The summed E-state index contributed by atoms with van der Waals surface area (Å²) in [6, 6.07) is 21.4. The molecule has 144 valence electrons. The number of rotatable bonds is 1. The van der Waals surface area contributed by atoms with E-state index in [-0.39, 0.29) is 17.3 Å². The molecule has 4 aromatic rings. The first-order chi connectivity index (χ1) is 14.6. The lowest BCUT2D eigenvalue weighted by molar-refractivity contribution is 0.103. The number of carbonyl (C=O) groups excluding carboxylic acids is 1. The number of Topliss-reactive ketones (excluding diaryl/α,β-unsaturated/α-hetero) is 1. The van der Waals surface area contributed by atoms with Crippen LogP contribution in [0.3, 0.4) is 0 Å². The van der Waals surface area contributed by atoms with E-state index in [0.29, 0.717) is 28.2 Å². The van der Waals surface area contributed by atoms with E-state index in [1.807, 2.05) is 66.7 Å². The van der Waals surface area contributed by atoms with Crippen molar-refractivity contribution in [2.24, 2.45) is 0 Å². The Morgan fingerprint density at radius 1 is 0.867 bits per heavy atom. The Labute approximate surface area is 171 Å². The number of carbonyl (C=O) groups is 1. The van der Waals surface area contributed by atoms with Gasteiger partial charge in [0.25, 0.3) is 5.56 Å². The van der Waals surface area contributed by atoms with Crippen LogP contribution in [0.2, 0.25) is 0 Å². The van der Waals surface area contributed by atoms with Gasteiger partial charge in [0.05, 0.1) is 11.3 Å². The highest BCUT2D eigenvalue weighted by molar-refractivity contribution is 6.24. The number of allylic oxidation sites excluding steroid dienone is 1. The van der Waals surface area contributed by atoms with Crippen molar-refractivity contribution in [3.63, 3.8) is 0 Å². The maximum atomic E-state index is 13.5. The van der Waals surface area contributed by atoms with Gasteiger partial charge in [-0.15, -0.1) is 0 Å². The van der Waals surface area contributed by atoms with Crippen molar-refractivity contribution in [1.82, 2.24) is 9.97 Å². The molecule has 0 radical (unpaired) electrons. The van der Waals surface area contributed by atoms with E-state index in [4.69, 9.17) is 5.73 Å². The van der Waals surface area contributed by atoms with Crippen molar-refractivity contribution in [1.29, 1.82) is 0 Å². The first-order valence-electron chi connectivity index (χ1n) is 9.66. The molecule has 6 nitrogen and oxygen atoms in total. The zero-order valence-corrected chi connectivity index (χ0v) is 15.8. The van der Waals surface area contributed by atoms with Crippen LogP contribution in [0.25, 0.3) is 16.5 Å². The van der Waals surface area contributed by atoms with Crippen LogP contribution < -0.4 is 16.6 Å². The molecule has 3 aromatic carbocycles. The summed E-state index contributed by atoms with van der Waals surface area (Å²) in [7, 11) is 0. The number of aromatic nitrogens is 2. The van der Waals surface area contributed by atoms with Gasteiger partial charge in [-0.2, -0.15) is 4.98 Å². The Hall–Kier alpha value is -4.19. The highest BCUT2D eigenvalue weighted by atomic mass is 16.1. The number of H-pyrrole nitrogens is 1. The van der Waals surface area contributed by atoms with Crippen LogP contribution in [0, 0.1) is 0 Å². The van der Waals surface area contributed by atoms with Crippen molar-refractivity contribution < 1.29 is 4.79 Å². The monoisotopic (exact) mass is 392 g/mol. The summed E-state index contributed by atoms with van der Waals surface area (Å²) in [5.74, 6) is -0.214. The number of hydrogen-bond acceptors (Lipinski definition) is 5. The Morgan fingerprint density at radius 3 is 2.47 bits per heavy atom. The molecule has 0 amide bonds. The molecule has 2 heterocycles. The second-order valence-electron chi connectivity index (χ2n) is 7.50. The fourth-order valence-electron chi connectivity index (χ4n) is 4.65. The molecule has 1 aromatic heterocycles. The predicted octanol–water partition coefficient (Wildman–Crippen LogP) is 3.67. The summed E-state index contributed by atoms with van der Waals surface area (Å²) in [6.07, 6.45) is 0. The van der Waals surface area contributed by atoms with E-state index in [2.05, 4.69) is 15.3 Å². The van der Waals surface area contributed by atoms with E-state index in [0.717, 1.165) is 21.9 Å². The minimum absolute atomic E-state index is 0.0320. The highest BCUT2D eigenvalue weighted by Gasteiger charge is 2.42.